The fourth-order valence-corrected chi connectivity index (χ4v) is 2.36. The predicted octanol–water partition coefficient (Wildman–Crippen LogP) is 3.71. The van der Waals surface area contributed by atoms with Gasteiger partial charge in [0.05, 0.1) is 0 Å². The van der Waals surface area contributed by atoms with Gasteiger partial charge >= 0.3 is 6.11 Å². The van der Waals surface area contributed by atoms with E-state index in [-0.39, 0.29) is 34.1 Å². The van der Waals surface area contributed by atoms with Crippen LogP contribution in [0.4, 0.5) is 14.5 Å². The van der Waals surface area contributed by atoms with Gasteiger partial charge in [-0.1, -0.05) is 32.4 Å². The van der Waals surface area contributed by atoms with E-state index in [1.54, 1.807) is 0 Å². The number of rotatable bonds is 4. The fraction of sp³-hybridized carbons (Fsp3) is 0.438. The van der Waals surface area contributed by atoms with Crippen LogP contribution in [0.25, 0.3) is 5.65 Å². The number of pyridine rings is 1. The van der Waals surface area contributed by atoms with Crippen molar-refractivity contribution in [3.63, 3.8) is 0 Å². The van der Waals surface area contributed by atoms with Crippen LogP contribution in [0.5, 0.6) is 5.75 Å². The highest BCUT2D eigenvalue weighted by atomic mass is 35.5. The average molecular weight is 374 g/mol. The van der Waals surface area contributed by atoms with Crippen LogP contribution in [-0.2, 0) is 4.79 Å². The highest BCUT2D eigenvalue weighted by Crippen LogP contribution is 2.27. The first kappa shape index (κ1) is 19.1. The summed E-state index contributed by atoms with van der Waals surface area (Å²) in [4.78, 5) is 28.5. The van der Waals surface area contributed by atoms with Crippen LogP contribution in [0.3, 0.4) is 0 Å². The highest BCUT2D eigenvalue weighted by Gasteiger charge is 2.26. The molecule has 6 nitrogen and oxygen atoms in total. The van der Waals surface area contributed by atoms with Gasteiger partial charge in [0.25, 0.3) is 5.56 Å². The zero-order valence-electron chi connectivity index (χ0n) is 14.2. The maximum absolute atomic E-state index is 13.1. The first-order valence-electron chi connectivity index (χ1n) is 7.45. The number of carbonyl (C=O) groups excluding carboxylic acids is 1. The monoisotopic (exact) mass is 373 g/mol. The van der Waals surface area contributed by atoms with Crippen molar-refractivity contribution in [2.24, 2.45) is 5.41 Å². The molecular formula is C16H18ClF2N3O3. The maximum atomic E-state index is 13.1. The molecule has 136 valence electrons. The van der Waals surface area contributed by atoms with Gasteiger partial charge in [-0.2, -0.15) is 8.78 Å². The second-order valence-corrected chi connectivity index (χ2v) is 7.20. The quantitative estimate of drug-likeness (QED) is 0.829. The van der Waals surface area contributed by atoms with Crippen LogP contribution >= 0.6 is 11.6 Å². The minimum Gasteiger partial charge on any atom is -0.429 e. The first-order valence-corrected chi connectivity index (χ1v) is 7.83. The van der Waals surface area contributed by atoms with Gasteiger partial charge in [0.2, 0.25) is 5.91 Å². The Bertz CT molecular complexity index is 870. The standard InChI is InChI=1S/C16H18ClF2N3O3/c1-15(2,3)8-10(23)20-11-12(17)21-13-9(25-16(4,18)19)6-5-7-22(13)14(11)24/h5-7H,8H2,1-4H3,(H,20,23). The molecule has 2 heterocycles. The number of halogens is 3. The van der Waals surface area contributed by atoms with Crippen molar-refractivity contribution in [2.75, 3.05) is 5.32 Å². The Hall–Kier alpha value is -2.22. The Morgan fingerprint density at radius 2 is 2.00 bits per heavy atom. The number of hydrogen-bond acceptors (Lipinski definition) is 4. The molecule has 2 rings (SSSR count). The molecule has 0 aliphatic heterocycles. The van der Waals surface area contributed by atoms with E-state index in [4.69, 9.17) is 11.6 Å². The van der Waals surface area contributed by atoms with E-state index >= 15 is 0 Å². The van der Waals surface area contributed by atoms with Crippen LogP contribution in [0.2, 0.25) is 5.15 Å². The molecule has 0 unspecified atom stereocenters. The van der Waals surface area contributed by atoms with Crippen molar-refractivity contribution in [3.05, 3.63) is 33.8 Å². The van der Waals surface area contributed by atoms with E-state index < -0.39 is 17.6 Å². The normalized spacial score (nSPS) is 12.3. The third-order valence-electron chi connectivity index (χ3n) is 3.02. The molecule has 25 heavy (non-hydrogen) atoms. The summed E-state index contributed by atoms with van der Waals surface area (Å²) in [5.74, 6) is -0.706. The molecule has 0 aromatic carbocycles. The van der Waals surface area contributed by atoms with Gasteiger partial charge in [0, 0.05) is 19.5 Å². The number of fused-ring (bicyclic) bond motifs is 1. The molecule has 0 bridgehead atoms. The summed E-state index contributed by atoms with van der Waals surface area (Å²) < 4.78 is 31.7. The van der Waals surface area contributed by atoms with Gasteiger partial charge in [-0.25, -0.2) is 4.98 Å². The fourth-order valence-electron chi connectivity index (χ4n) is 2.15. The Kier molecular flexibility index (Phi) is 5.04. The third kappa shape index (κ3) is 4.88. The molecule has 0 fully saturated rings. The Balaban J connectivity index is 2.49. The Labute approximate surface area is 147 Å². The van der Waals surface area contributed by atoms with Crippen molar-refractivity contribution in [1.82, 2.24) is 9.38 Å². The van der Waals surface area contributed by atoms with E-state index in [9.17, 15) is 18.4 Å². The maximum Gasteiger partial charge on any atom is 0.395 e. The number of aromatic nitrogens is 2. The number of nitrogens with one attached hydrogen (secondary N) is 1. The average Bonchev–Trinajstić information content (AvgIpc) is 2.41. The summed E-state index contributed by atoms with van der Waals surface area (Å²) in [5.41, 5.74) is -1.37. The van der Waals surface area contributed by atoms with Crippen LogP contribution in [0.15, 0.2) is 23.1 Å². The molecule has 0 saturated carbocycles. The molecule has 0 spiro atoms. The van der Waals surface area contributed by atoms with Crippen LogP contribution in [0, 0.1) is 5.41 Å². The molecule has 2 aromatic heterocycles. The summed E-state index contributed by atoms with van der Waals surface area (Å²) in [6.45, 7) is 6.17. The lowest BCUT2D eigenvalue weighted by Gasteiger charge is -2.18. The number of carbonyl (C=O) groups is 1. The van der Waals surface area contributed by atoms with Crippen molar-refractivity contribution < 1.29 is 18.3 Å². The summed E-state index contributed by atoms with van der Waals surface area (Å²) in [5, 5.41) is 2.14. The van der Waals surface area contributed by atoms with Crippen LogP contribution in [0.1, 0.15) is 34.1 Å². The number of alkyl halides is 2. The number of nitrogens with zero attached hydrogens (tertiary/aromatic N) is 2. The van der Waals surface area contributed by atoms with Gasteiger partial charge in [0.15, 0.2) is 16.5 Å². The van der Waals surface area contributed by atoms with Gasteiger partial charge in [0.1, 0.15) is 5.69 Å². The van der Waals surface area contributed by atoms with Crippen molar-refractivity contribution >= 4 is 28.8 Å². The predicted molar refractivity (Wildman–Crippen MR) is 90.4 cm³/mol. The SMILES string of the molecule is CC(C)(C)CC(=O)Nc1c(Cl)nc2c(OC(C)(F)F)cccn2c1=O. The highest BCUT2D eigenvalue weighted by molar-refractivity contribution is 6.32. The number of ether oxygens (including phenoxy) is 1. The van der Waals surface area contributed by atoms with E-state index in [2.05, 4.69) is 15.0 Å². The zero-order valence-corrected chi connectivity index (χ0v) is 14.9. The topological polar surface area (TPSA) is 72.7 Å². The van der Waals surface area contributed by atoms with Crippen LogP contribution < -0.4 is 15.6 Å². The number of hydrogen-bond donors (Lipinski definition) is 1. The summed E-state index contributed by atoms with van der Waals surface area (Å²) in [7, 11) is 0. The molecule has 0 aliphatic carbocycles. The molecule has 0 atom stereocenters. The molecule has 1 amide bonds. The molecular weight excluding hydrogens is 356 g/mol. The van der Waals surface area contributed by atoms with E-state index in [0.29, 0.717) is 6.92 Å². The number of anilines is 1. The van der Waals surface area contributed by atoms with Gasteiger partial charge in [-0.3, -0.25) is 14.0 Å². The molecule has 1 N–H and O–H groups in total. The Morgan fingerprint density at radius 1 is 1.36 bits per heavy atom. The van der Waals surface area contributed by atoms with Gasteiger partial charge < -0.3 is 10.1 Å². The van der Waals surface area contributed by atoms with Crippen LogP contribution in [-0.4, -0.2) is 21.4 Å². The largest absolute Gasteiger partial charge is 0.429 e. The number of amides is 1. The lowest BCUT2D eigenvalue weighted by atomic mass is 9.92. The smallest absolute Gasteiger partial charge is 0.395 e. The first-order chi connectivity index (χ1) is 11.4. The van der Waals surface area contributed by atoms with E-state index in [1.807, 2.05) is 20.8 Å². The summed E-state index contributed by atoms with van der Waals surface area (Å²) >= 11 is 5.98. The van der Waals surface area contributed by atoms with E-state index in [1.165, 1.54) is 18.3 Å². The summed E-state index contributed by atoms with van der Waals surface area (Å²) in [6.07, 6.45) is -1.97. The lowest BCUT2D eigenvalue weighted by Crippen LogP contribution is -2.27. The van der Waals surface area contributed by atoms with Gasteiger partial charge in [-0.15, -0.1) is 0 Å². The second-order valence-electron chi connectivity index (χ2n) is 6.84. The Morgan fingerprint density at radius 3 is 2.56 bits per heavy atom. The van der Waals surface area contributed by atoms with Gasteiger partial charge in [-0.05, 0) is 17.5 Å². The molecule has 0 radical (unpaired) electrons. The third-order valence-corrected chi connectivity index (χ3v) is 3.29. The second kappa shape index (κ2) is 6.59. The molecule has 0 aliphatic rings. The summed E-state index contributed by atoms with van der Waals surface area (Å²) in [6, 6.07) is 2.60. The van der Waals surface area contributed by atoms with Crippen molar-refractivity contribution in [1.29, 1.82) is 0 Å². The molecule has 2 aromatic rings. The minimum absolute atomic E-state index is 0.163. The zero-order chi connectivity index (χ0) is 19.0. The minimum atomic E-state index is -3.45. The molecule has 0 saturated heterocycles. The lowest BCUT2D eigenvalue weighted by molar-refractivity contribution is -0.158. The molecule has 9 heteroatoms. The van der Waals surface area contributed by atoms with Crippen molar-refractivity contribution in [3.8, 4) is 5.75 Å². The van der Waals surface area contributed by atoms with Crippen molar-refractivity contribution in [2.45, 2.75) is 40.2 Å². The van der Waals surface area contributed by atoms with E-state index in [0.717, 1.165) is 4.40 Å².